The molecule has 0 saturated heterocycles. The summed E-state index contributed by atoms with van der Waals surface area (Å²) in [7, 11) is 0. The molecule has 0 aliphatic rings. The highest BCUT2D eigenvalue weighted by Crippen LogP contribution is 2.33. The lowest BCUT2D eigenvalue weighted by atomic mass is 9.92. The van der Waals surface area contributed by atoms with Gasteiger partial charge >= 0.3 is 0 Å². The summed E-state index contributed by atoms with van der Waals surface area (Å²) in [4.78, 5) is 0. The number of hydrogen-bond donors (Lipinski definition) is 2. The molecule has 2 aromatic rings. The van der Waals surface area contributed by atoms with Crippen molar-refractivity contribution < 1.29 is 10.2 Å². The van der Waals surface area contributed by atoms with E-state index >= 15 is 0 Å². The number of aromatic hydroxyl groups is 2. The second-order valence-corrected chi connectivity index (χ2v) is 7.62. The molecule has 2 aromatic carbocycles. The van der Waals surface area contributed by atoms with Crippen LogP contribution in [0.25, 0.3) is 0 Å². The van der Waals surface area contributed by atoms with E-state index in [-0.39, 0.29) is 0 Å². The number of rotatable bonds is 10. The first-order valence-corrected chi connectivity index (χ1v) is 10.7. The Morgan fingerprint density at radius 1 is 0.593 bits per heavy atom. The number of hydrogen-bond acceptors (Lipinski definition) is 2. The summed E-state index contributed by atoms with van der Waals surface area (Å²) in [6.45, 7) is 8.65. The Balaban J connectivity index is 2.43. The van der Waals surface area contributed by atoms with Gasteiger partial charge in [0.1, 0.15) is 11.5 Å². The zero-order valence-electron chi connectivity index (χ0n) is 17.6. The summed E-state index contributed by atoms with van der Waals surface area (Å²) < 4.78 is 0. The van der Waals surface area contributed by atoms with Crippen molar-refractivity contribution >= 4 is 0 Å². The van der Waals surface area contributed by atoms with Crippen LogP contribution in [0.5, 0.6) is 11.5 Å². The molecule has 2 heteroatoms. The second-order valence-electron chi connectivity index (χ2n) is 7.62. The van der Waals surface area contributed by atoms with Crippen LogP contribution in [0.3, 0.4) is 0 Å². The Bertz CT molecular complexity index is 683. The third-order valence-corrected chi connectivity index (χ3v) is 5.45. The van der Waals surface area contributed by atoms with E-state index in [1.807, 2.05) is 0 Å². The van der Waals surface area contributed by atoms with Crippen LogP contribution in [0.4, 0.5) is 0 Å². The predicted molar refractivity (Wildman–Crippen MR) is 115 cm³/mol. The fourth-order valence-electron chi connectivity index (χ4n) is 3.66. The van der Waals surface area contributed by atoms with Crippen molar-refractivity contribution in [2.75, 3.05) is 0 Å². The molecule has 2 N–H and O–H groups in total. The van der Waals surface area contributed by atoms with Crippen molar-refractivity contribution in [1.82, 2.24) is 0 Å². The zero-order chi connectivity index (χ0) is 19.8. The fourth-order valence-corrected chi connectivity index (χ4v) is 3.66. The Labute approximate surface area is 165 Å². The Morgan fingerprint density at radius 2 is 0.963 bits per heavy atom. The highest BCUT2D eigenvalue weighted by Gasteiger charge is 2.15. The standard InChI is InChI=1S/C25H36O2/c1-5-9-11-20-13-18(7-3)15-22(24(20)26)17-23-16-19(8-4)14-21(25(23)27)12-10-6-2/h13-16,26-27H,5-12,17H2,1-4H3. The molecule has 0 saturated carbocycles. The quantitative estimate of drug-likeness (QED) is 0.502. The van der Waals surface area contributed by atoms with Crippen molar-refractivity contribution in [3.8, 4) is 11.5 Å². The molecule has 2 nitrogen and oxygen atoms in total. The molecule has 0 amide bonds. The van der Waals surface area contributed by atoms with Gasteiger partial charge in [-0.15, -0.1) is 0 Å². The van der Waals surface area contributed by atoms with Crippen LogP contribution in [-0.2, 0) is 32.1 Å². The first kappa shape index (κ1) is 21.3. The average molecular weight is 369 g/mol. The lowest BCUT2D eigenvalue weighted by molar-refractivity contribution is 0.454. The van der Waals surface area contributed by atoms with Crippen LogP contribution in [-0.4, -0.2) is 10.2 Å². The van der Waals surface area contributed by atoms with Crippen LogP contribution in [0.1, 0.15) is 86.8 Å². The van der Waals surface area contributed by atoms with E-state index in [1.165, 1.54) is 11.1 Å². The molecule has 0 fully saturated rings. The van der Waals surface area contributed by atoms with Crippen molar-refractivity contribution in [2.45, 2.75) is 85.5 Å². The first-order valence-electron chi connectivity index (χ1n) is 10.7. The maximum absolute atomic E-state index is 10.8. The van der Waals surface area contributed by atoms with Gasteiger partial charge in [0.25, 0.3) is 0 Å². The van der Waals surface area contributed by atoms with E-state index in [1.54, 1.807) is 0 Å². The third kappa shape index (κ3) is 5.51. The largest absolute Gasteiger partial charge is 0.507 e. The van der Waals surface area contributed by atoms with Gasteiger partial charge in [-0.3, -0.25) is 0 Å². The maximum atomic E-state index is 10.8. The van der Waals surface area contributed by atoms with Gasteiger partial charge < -0.3 is 10.2 Å². The number of benzene rings is 2. The molecule has 0 aliphatic heterocycles. The molecule has 0 bridgehead atoms. The van der Waals surface area contributed by atoms with Gasteiger partial charge in [-0.25, -0.2) is 0 Å². The molecule has 0 radical (unpaired) electrons. The number of phenolic OH excluding ortho intramolecular Hbond substituents is 2. The summed E-state index contributed by atoms with van der Waals surface area (Å²) in [6.07, 6.45) is 8.70. The van der Waals surface area contributed by atoms with Gasteiger partial charge in [0, 0.05) is 6.42 Å². The van der Waals surface area contributed by atoms with E-state index in [0.717, 1.165) is 73.6 Å². The molecule has 0 spiro atoms. The molecular formula is C25H36O2. The van der Waals surface area contributed by atoms with E-state index in [9.17, 15) is 10.2 Å². The lowest BCUT2D eigenvalue weighted by Gasteiger charge is -2.16. The summed E-state index contributed by atoms with van der Waals surface area (Å²) in [6, 6.07) is 8.50. The summed E-state index contributed by atoms with van der Waals surface area (Å²) >= 11 is 0. The number of aryl methyl sites for hydroxylation is 4. The molecule has 27 heavy (non-hydrogen) atoms. The van der Waals surface area contributed by atoms with E-state index in [2.05, 4.69) is 52.0 Å². The van der Waals surface area contributed by atoms with Gasteiger partial charge in [-0.1, -0.05) is 64.8 Å². The number of unbranched alkanes of at least 4 members (excludes halogenated alkanes) is 2. The fraction of sp³-hybridized carbons (Fsp3) is 0.520. The minimum atomic E-state index is 0.414. The highest BCUT2D eigenvalue weighted by molar-refractivity contribution is 5.51. The van der Waals surface area contributed by atoms with Gasteiger partial charge in [0.2, 0.25) is 0 Å². The third-order valence-electron chi connectivity index (χ3n) is 5.45. The number of phenols is 2. The SMILES string of the molecule is CCCCc1cc(CC)cc(Cc2cc(CC)cc(CCCC)c2O)c1O. The summed E-state index contributed by atoms with van der Waals surface area (Å²) in [5.74, 6) is 0.828. The molecule has 0 heterocycles. The molecule has 0 atom stereocenters. The van der Waals surface area contributed by atoms with Gasteiger partial charge in [-0.05, 0) is 71.9 Å². The molecule has 0 aromatic heterocycles. The van der Waals surface area contributed by atoms with Crippen molar-refractivity contribution in [3.05, 3.63) is 57.6 Å². The van der Waals surface area contributed by atoms with Gasteiger partial charge in [-0.2, -0.15) is 0 Å². The topological polar surface area (TPSA) is 40.5 Å². The minimum absolute atomic E-state index is 0.414. The summed E-state index contributed by atoms with van der Waals surface area (Å²) in [5, 5.41) is 21.7. The van der Waals surface area contributed by atoms with E-state index in [0.29, 0.717) is 17.9 Å². The Kier molecular flexibility index (Phi) is 8.22. The van der Waals surface area contributed by atoms with Crippen LogP contribution in [0, 0.1) is 0 Å². The van der Waals surface area contributed by atoms with Gasteiger partial charge in [0.05, 0.1) is 0 Å². The average Bonchev–Trinajstić information content (AvgIpc) is 2.68. The summed E-state index contributed by atoms with van der Waals surface area (Å²) in [5.41, 5.74) is 6.47. The van der Waals surface area contributed by atoms with E-state index < -0.39 is 0 Å². The van der Waals surface area contributed by atoms with Crippen LogP contribution >= 0.6 is 0 Å². The monoisotopic (exact) mass is 368 g/mol. The first-order chi connectivity index (χ1) is 13.0. The predicted octanol–water partition coefficient (Wildman–Crippen LogP) is 6.50. The van der Waals surface area contributed by atoms with Crippen LogP contribution in [0.15, 0.2) is 24.3 Å². The van der Waals surface area contributed by atoms with Crippen molar-refractivity contribution in [2.24, 2.45) is 0 Å². The molecule has 148 valence electrons. The zero-order valence-corrected chi connectivity index (χ0v) is 17.6. The van der Waals surface area contributed by atoms with Gasteiger partial charge in [0.15, 0.2) is 0 Å². The van der Waals surface area contributed by atoms with Crippen molar-refractivity contribution in [3.63, 3.8) is 0 Å². The smallest absolute Gasteiger partial charge is 0.122 e. The maximum Gasteiger partial charge on any atom is 0.122 e. The Morgan fingerprint density at radius 3 is 1.30 bits per heavy atom. The minimum Gasteiger partial charge on any atom is -0.507 e. The molecule has 0 aliphatic carbocycles. The highest BCUT2D eigenvalue weighted by atomic mass is 16.3. The van der Waals surface area contributed by atoms with E-state index in [4.69, 9.17) is 0 Å². The van der Waals surface area contributed by atoms with Crippen LogP contribution in [0.2, 0.25) is 0 Å². The normalized spacial score (nSPS) is 11.1. The molecule has 0 unspecified atom stereocenters. The molecular weight excluding hydrogens is 332 g/mol. The molecule has 2 rings (SSSR count). The van der Waals surface area contributed by atoms with Crippen molar-refractivity contribution in [1.29, 1.82) is 0 Å². The Hall–Kier alpha value is -1.96. The lowest BCUT2D eigenvalue weighted by Crippen LogP contribution is -2.00. The second kappa shape index (κ2) is 10.4. The van der Waals surface area contributed by atoms with Crippen LogP contribution < -0.4 is 0 Å².